The van der Waals surface area contributed by atoms with Crippen molar-refractivity contribution < 1.29 is 9.47 Å². The molecule has 108 valence electrons. The van der Waals surface area contributed by atoms with E-state index < -0.39 is 0 Å². The highest BCUT2D eigenvalue weighted by Gasteiger charge is 2.23. The van der Waals surface area contributed by atoms with Crippen molar-refractivity contribution in [2.24, 2.45) is 0 Å². The molecule has 2 heteroatoms. The zero-order valence-electron chi connectivity index (χ0n) is 13.3. The van der Waals surface area contributed by atoms with Crippen LogP contribution >= 0.6 is 0 Å². The highest BCUT2D eigenvalue weighted by molar-refractivity contribution is 5.87. The van der Waals surface area contributed by atoms with Crippen LogP contribution in [0.5, 0.6) is 0 Å². The molecule has 2 aromatic carbocycles. The molecule has 0 aliphatic rings. The predicted octanol–water partition coefficient (Wildman–Crippen LogP) is 4.60. The third-order valence-corrected chi connectivity index (χ3v) is 4.24. The third-order valence-electron chi connectivity index (χ3n) is 4.24. The molecule has 0 amide bonds. The molecule has 2 nitrogen and oxygen atoms in total. The lowest BCUT2D eigenvalue weighted by Crippen LogP contribution is -2.21. The standard InChI is InChI=1S/C18H24O2/c1-17(2,19-5)14-10-11-15-13(12-14)8-7-9-16(15)18(3,4)20-6/h7-12H,1-6H3. The number of benzene rings is 2. The van der Waals surface area contributed by atoms with Crippen molar-refractivity contribution in [2.45, 2.75) is 38.9 Å². The molecule has 0 spiro atoms. The summed E-state index contributed by atoms with van der Waals surface area (Å²) in [6.45, 7) is 8.35. The van der Waals surface area contributed by atoms with Crippen LogP contribution in [0, 0.1) is 0 Å². The summed E-state index contributed by atoms with van der Waals surface area (Å²) < 4.78 is 11.2. The van der Waals surface area contributed by atoms with Gasteiger partial charge in [-0.15, -0.1) is 0 Å². The third kappa shape index (κ3) is 2.58. The summed E-state index contributed by atoms with van der Waals surface area (Å²) in [5, 5.41) is 2.45. The van der Waals surface area contributed by atoms with Gasteiger partial charge in [0.2, 0.25) is 0 Å². The summed E-state index contributed by atoms with van der Waals surface area (Å²) in [5.74, 6) is 0. The molecule has 0 saturated carbocycles. The molecule has 0 bridgehead atoms. The van der Waals surface area contributed by atoms with Gasteiger partial charge in [-0.2, -0.15) is 0 Å². The lowest BCUT2D eigenvalue weighted by atomic mass is 9.89. The molecule has 0 saturated heterocycles. The van der Waals surface area contributed by atoms with Gasteiger partial charge in [0.1, 0.15) is 0 Å². The smallest absolute Gasteiger partial charge is 0.0877 e. The van der Waals surface area contributed by atoms with Crippen molar-refractivity contribution in [1.29, 1.82) is 0 Å². The molecule has 20 heavy (non-hydrogen) atoms. The summed E-state index contributed by atoms with van der Waals surface area (Å²) in [7, 11) is 3.50. The lowest BCUT2D eigenvalue weighted by Gasteiger charge is -2.27. The van der Waals surface area contributed by atoms with E-state index in [1.807, 2.05) is 0 Å². The van der Waals surface area contributed by atoms with E-state index in [1.165, 1.54) is 21.9 Å². The van der Waals surface area contributed by atoms with Gasteiger partial charge < -0.3 is 9.47 Å². The van der Waals surface area contributed by atoms with E-state index in [9.17, 15) is 0 Å². The van der Waals surface area contributed by atoms with Crippen LogP contribution in [0.15, 0.2) is 36.4 Å². The second-order valence-corrected chi connectivity index (χ2v) is 6.17. The number of methoxy groups -OCH3 is 2. The number of fused-ring (bicyclic) bond motifs is 1. The molecule has 0 aliphatic heterocycles. The molecule has 0 radical (unpaired) electrons. The Bertz CT molecular complexity index is 612. The Morgan fingerprint density at radius 3 is 2.05 bits per heavy atom. The maximum atomic E-state index is 5.63. The molecule has 0 atom stereocenters. The van der Waals surface area contributed by atoms with Crippen molar-refractivity contribution >= 4 is 10.8 Å². The molecule has 2 rings (SSSR count). The average Bonchev–Trinajstić information content (AvgIpc) is 2.45. The summed E-state index contributed by atoms with van der Waals surface area (Å²) in [6, 6.07) is 12.9. The normalized spacial score (nSPS) is 12.9. The van der Waals surface area contributed by atoms with Gasteiger partial charge in [0, 0.05) is 14.2 Å². The second kappa shape index (κ2) is 5.19. The Balaban J connectivity index is 2.63. The topological polar surface area (TPSA) is 18.5 Å². The Hall–Kier alpha value is -1.38. The number of rotatable bonds is 4. The van der Waals surface area contributed by atoms with Gasteiger partial charge in [-0.25, -0.2) is 0 Å². The van der Waals surface area contributed by atoms with Crippen molar-refractivity contribution in [3.05, 3.63) is 47.5 Å². The molecule has 0 fully saturated rings. The summed E-state index contributed by atoms with van der Waals surface area (Å²) in [5.41, 5.74) is 1.82. The molecule has 0 aromatic heterocycles. The van der Waals surface area contributed by atoms with Crippen LogP contribution in [0.4, 0.5) is 0 Å². The van der Waals surface area contributed by atoms with Crippen LogP contribution in [-0.2, 0) is 20.7 Å². The summed E-state index contributed by atoms with van der Waals surface area (Å²) >= 11 is 0. The fourth-order valence-electron chi connectivity index (χ4n) is 2.41. The quantitative estimate of drug-likeness (QED) is 0.809. The van der Waals surface area contributed by atoms with Gasteiger partial charge >= 0.3 is 0 Å². The van der Waals surface area contributed by atoms with Crippen LogP contribution in [-0.4, -0.2) is 14.2 Å². The van der Waals surface area contributed by atoms with E-state index in [-0.39, 0.29) is 11.2 Å². The van der Waals surface area contributed by atoms with Crippen LogP contribution in [0.3, 0.4) is 0 Å². The minimum absolute atomic E-state index is 0.277. The van der Waals surface area contributed by atoms with Crippen molar-refractivity contribution in [3.8, 4) is 0 Å². The Morgan fingerprint density at radius 1 is 0.800 bits per heavy atom. The fraction of sp³-hybridized carbons (Fsp3) is 0.444. The maximum absolute atomic E-state index is 5.63. The minimum atomic E-state index is -0.294. The van der Waals surface area contributed by atoms with Gasteiger partial charge in [0.15, 0.2) is 0 Å². The zero-order valence-corrected chi connectivity index (χ0v) is 13.3. The molecule has 0 aliphatic carbocycles. The molecule has 0 unspecified atom stereocenters. The first-order valence-electron chi connectivity index (χ1n) is 6.96. The second-order valence-electron chi connectivity index (χ2n) is 6.17. The fourth-order valence-corrected chi connectivity index (χ4v) is 2.41. The highest BCUT2D eigenvalue weighted by atomic mass is 16.5. The van der Waals surface area contributed by atoms with Gasteiger partial charge in [0.05, 0.1) is 11.2 Å². The minimum Gasteiger partial charge on any atom is -0.374 e. The molecular weight excluding hydrogens is 248 g/mol. The molecule has 2 aromatic rings. The first-order chi connectivity index (χ1) is 9.31. The van der Waals surface area contributed by atoms with E-state index >= 15 is 0 Å². The van der Waals surface area contributed by atoms with E-state index in [0.717, 1.165) is 0 Å². The van der Waals surface area contributed by atoms with Crippen molar-refractivity contribution in [3.63, 3.8) is 0 Å². The monoisotopic (exact) mass is 272 g/mol. The van der Waals surface area contributed by atoms with Crippen molar-refractivity contribution in [1.82, 2.24) is 0 Å². The maximum Gasteiger partial charge on any atom is 0.0877 e. The van der Waals surface area contributed by atoms with Gasteiger partial charge in [-0.1, -0.05) is 30.3 Å². The average molecular weight is 272 g/mol. The van der Waals surface area contributed by atoms with Gasteiger partial charge in [0.25, 0.3) is 0 Å². The summed E-state index contributed by atoms with van der Waals surface area (Å²) in [6.07, 6.45) is 0. The Labute approximate surface area is 121 Å². The van der Waals surface area contributed by atoms with E-state index in [0.29, 0.717) is 0 Å². The predicted molar refractivity (Wildman–Crippen MR) is 84.0 cm³/mol. The first kappa shape index (κ1) is 15.0. The van der Waals surface area contributed by atoms with Crippen LogP contribution < -0.4 is 0 Å². The Morgan fingerprint density at radius 2 is 1.45 bits per heavy atom. The van der Waals surface area contributed by atoms with E-state index in [1.54, 1.807) is 14.2 Å². The van der Waals surface area contributed by atoms with E-state index in [2.05, 4.69) is 64.1 Å². The number of hydrogen-bond donors (Lipinski definition) is 0. The lowest BCUT2D eigenvalue weighted by molar-refractivity contribution is 0.0192. The molecule has 0 N–H and O–H groups in total. The summed E-state index contributed by atoms with van der Waals surface area (Å²) in [4.78, 5) is 0. The van der Waals surface area contributed by atoms with Gasteiger partial charge in [-0.05, 0) is 55.7 Å². The van der Waals surface area contributed by atoms with Crippen LogP contribution in [0.1, 0.15) is 38.8 Å². The number of ether oxygens (including phenoxy) is 2. The first-order valence-corrected chi connectivity index (χ1v) is 6.96. The Kier molecular flexibility index (Phi) is 3.90. The zero-order chi connectivity index (χ0) is 15.0. The largest absolute Gasteiger partial charge is 0.374 e. The van der Waals surface area contributed by atoms with E-state index in [4.69, 9.17) is 9.47 Å². The van der Waals surface area contributed by atoms with Gasteiger partial charge in [-0.3, -0.25) is 0 Å². The van der Waals surface area contributed by atoms with Crippen LogP contribution in [0.25, 0.3) is 10.8 Å². The molecular formula is C18H24O2. The SMILES string of the molecule is COC(C)(C)c1ccc2c(C(C)(C)OC)cccc2c1. The van der Waals surface area contributed by atoms with Crippen molar-refractivity contribution in [2.75, 3.05) is 14.2 Å². The van der Waals surface area contributed by atoms with Crippen LogP contribution in [0.2, 0.25) is 0 Å². The highest BCUT2D eigenvalue weighted by Crippen LogP contribution is 2.33. The molecule has 0 heterocycles. The number of hydrogen-bond acceptors (Lipinski definition) is 2.